The minimum Gasteiger partial charge on any atom is -0.449 e. The summed E-state index contributed by atoms with van der Waals surface area (Å²) in [5.41, 5.74) is 2.39. The van der Waals surface area contributed by atoms with Gasteiger partial charge in [0.05, 0.1) is 12.6 Å². The van der Waals surface area contributed by atoms with E-state index in [0.29, 0.717) is 18.4 Å². The Morgan fingerprint density at radius 1 is 1.05 bits per heavy atom. The molecule has 1 aromatic rings. The number of alkyl carbamates (subject to hydrolysis) is 1. The minimum atomic E-state index is -0.353. The molecule has 0 aliphatic rings. The van der Waals surface area contributed by atoms with Crippen LogP contribution in [0.3, 0.4) is 0 Å². The Morgan fingerprint density at radius 3 is 2.05 bits per heavy atom. The van der Waals surface area contributed by atoms with Crippen molar-refractivity contribution in [3.8, 4) is 0 Å². The molecule has 0 unspecified atom stereocenters. The van der Waals surface area contributed by atoms with Crippen molar-refractivity contribution in [2.75, 3.05) is 6.61 Å². The summed E-state index contributed by atoms with van der Waals surface area (Å²) in [6.45, 7) is 10.8. The van der Waals surface area contributed by atoms with Gasteiger partial charge in [-0.05, 0) is 29.9 Å². The highest BCUT2D eigenvalue weighted by Gasteiger charge is 2.11. The van der Waals surface area contributed by atoms with Crippen molar-refractivity contribution in [2.24, 2.45) is 5.92 Å². The highest BCUT2D eigenvalue weighted by Crippen LogP contribution is 2.18. The Bertz CT molecular complexity index is 396. The molecule has 0 aliphatic carbocycles. The van der Waals surface area contributed by atoms with Gasteiger partial charge in [0, 0.05) is 0 Å². The number of carbonyl (C=O) groups excluding carboxylic acids is 1. The zero-order valence-electron chi connectivity index (χ0n) is 12.6. The molecule has 0 saturated carbocycles. The predicted octanol–water partition coefficient (Wildman–Crippen LogP) is 4.25. The second-order valence-electron chi connectivity index (χ2n) is 5.68. The molecule has 1 amide bonds. The van der Waals surface area contributed by atoms with Crippen LogP contribution in [0, 0.1) is 5.92 Å². The maximum atomic E-state index is 11.6. The molecule has 1 N–H and O–H groups in total. The zero-order valence-corrected chi connectivity index (χ0v) is 12.6. The van der Waals surface area contributed by atoms with Crippen molar-refractivity contribution in [3.05, 3.63) is 35.4 Å². The SMILES string of the molecule is CC(C)COC(=O)N[C@@H](C)c1ccc(C(C)C)cc1. The first-order valence-electron chi connectivity index (χ1n) is 6.93. The van der Waals surface area contributed by atoms with Crippen LogP contribution >= 0.6 is 0 Å². The summed E-state index contributed by atoms with van der Waals surface area (Å²) in [4.78, 5) is 11.6. The lowest BCUT2D eigenvalue weighted by molar-refractivity contribution is 0.130. The van der Waals surface area contributed by atoms with Gasteiger partial charge in [-0.3, -0.25) is 0 Å². The lowest BCUT2D eigenvalue weighted by atomic mass is 10.00. The van der Waals surface area contributed by atoms with Crippen LogP contribution in [0.15, 0.2) is 24.3 Å². The van der Waals surface area contributed by atoms with Crippen LogP contribution in [-0.2, 0) is 4.74 Å². The summed E-state index contributed by atoms with van der Waals surface area (Å²) in [5, 5.41) is 2.84. The number of hydrogen-bond donors (Lipinski definition) is 1. The van der Waals surface area contributed by atoms with E-state index in [9.17, 15) is 4.79 Å². The van der Waals surface area contributed by atoms with E-state index in [1.165, 1.54) is 5.56 Å². The maximum Gasteiger partial charge on any atom is 0.407 e. The van der Waals surface area contributed by atoms with Crippen LogP contribution in [0.2, 0.25) is 0 Å². The van der Waals surface area contributed by atoms with E-state index in [4.69, 9.17) is 4.74 Å². The first kappa shape index (κ1) is 15.5. The Morgan fingerprint density at radius 2 is 1.58 bits per heavy atom. The molecule has 1 atom stereocenters. The Kier molecular flexibility index (Phi) is 5.87. The summed E-state index contributed by atoms with van der Waals surface area (Å²) in [7, 11) is 0. The van der Waals surface area contributed by atoms with E-state index >= 15 is 0 Å². The van der Waals surface area contributed by atoms with Crippen molar-refractivity contribution in [1.29, 1.82) is 0 Å². The number of ether oxygens (including phenoxy) is 1. The Labute approximate surface area is 116 Å². The van der Waals surface area contributed by atoms with E-state index in [1.54, 1.807) is 0 Å². The molecule has 0 aliphatic heterocycles. The van der Waals surface area contributed by atoms with Crippen molar-refractivity contribution in [3.63, 3.8) is 0 Å². The standard InChI is InChI=1S/C16H25NO2/c1-11(2)10-19-16(18)17-13(5)15-8-6-14(7-9-15)12(3)4/h6-9,11-13H,10H2,1-5H3,(H,17,18)/t13-/m0/s1. The quantitative estimate of drug-likeness (QED) is 0.862. The summed E-state index contributed by atoms with van der Waals surface area (Å²) in [6, 6.07) is 8.29. The average molecular weight is 263 g/mol. The largest absolute Gasteiger partial charge is 0.449 e. The second kappa shape index (κ2) is 7.17. The number of hydrogen-bond acceptors (Lipinski definition) is 2. The van der Waals surface area contributed by atoms with Gasteiger partial charge in [0.2, 0.25) is 0 Å². The van der Waals surface area contributed by atoms with E-state index in [2.05, 4.69) is 43.4 Å². The molecular weight excluding hydrogens is 238 g/mol. The maximum absolute atomic E-state index is 11.6. The van der Waals surface area contributed by atoms with E-state index in [-0.39, 0.29) is 12.1 Å². The van der Waals surface area contributed by atoms with Gasteiger partial charge in [-0.15, -0.1) is 0 Å². The van der Waals surface area contributed by atoms with Crippen molar-refractivity contribution in [1.82, 2.24) is 5.32 Å². The summed E-state index contributed by atoms with van der Waals surface area (Å²) in [6.07, 6.45) is -0.353. The monoisotopic (exact) mass is 263 g/mol. The van der Waals surface area contributed by atoms with Crippen LogP contribution in [0.1, 0.15) is 57.7 Å². The first-order valence-corrected chi connectivity index (χ1v) is 6.93. The molecule has 1 rings (SSSR count). The van der Waals surface area contributed by atoms with Crippen molar-refractivity contribution < 1.29 is 9.53 Å². The third kappa shape index (κ3) is 5.33. The van der Waals surface area contributed by atoms with Gasteiger partial charge < -0.3 is 10.1 Å². The van der Waals surface area contributed by atoms with Crippen LogP contribution in [0.25, 0.3) is 0 Å². The van der Waals surface area contributed by atoms with Gasteiger partial charge in [-0.25, -0.2) is 4.79 Å². The third-order valence-electron chi connectivity index (χ3n) is 2.99. The number of benzene rings is 1. The third-order valence-corrected chi connectivity index (χ3v) is 2.99. The molecule has 0 saturated heterocycles. The van der Waals surface area contributed by atoms with Crippen molar-refractivity contribution >= 4 is 6.09 Å². The summed E-state index contributed by atoms with van der Waals surface area (Å²) in [5.74, 6) is 0.875. The Hall–Kier alpha value is -1.51. The first-order chi connectivity index (χ1) is 8.90. The lowest BCUT2D eigenvalue weighted by Crippen LogP contribution is -2.28. The van der Waals surface area contributed by atoms with Crippen LogP contribution in [0.4, 0.5) is 4.79 Å². The fraction of sp³-hybridized carbons (Fsp3) is 0.562. The minimum absolute atomic E-state index is 0.0409. The van der Waals surface area contributed by atoms with Gasteiger partial charge >= 0.3 is 6.09 Å². The van der Waals surface area contributed by atoms with Crippen LogP contribution < -0.4 is 5.32 Å². The molecule has 0 fully saturated rings. The highest BCUT2D eigenvalue weighted by atomic mass is 16.5. The van der Waals surface area contributed by atoms with Gasteiger partial charge in [-0.2, -0.15) is 0 Å². The molecule has 0 bridgehead atoms. The molecule has 106 valence electrons. The number of carbonyl (C=O) groups is 1. The van der Waals surface area contributed by atoms with E-state index in [1.807, 2.05) is 20.8 Å². The molecule has 19 heavy (non-hydrogen) atoms. The molecule has 0 radical (unpaired) electrons. The second-order valence-corrected chi connectivity index (χ2v) is 5.68. The average Bonchev–Trinajstić information content (AvgIpc) is 2.36. The summed E-state index contributed by atoms with van der Waals surface area (Å²) >= 11 is 0. The van der Waals surface area contributed by atoms with Crippen LogP contribution in [-0.4, -0.2) is 12.7 Å². The molecule has 1 aromatic carbocycles. The van der Waals surface area contributed by atoms with Crippen molar-refractivity contribution in [2.45, 2.75) is 46.6 Å². The smallest absolute Gasteiger partial charge is 0.407 e. The normalized spacial score (nSPS) is 12.6. The van der Waals surface area contributed by atoms with Gasteiger partial charge in [0.25, 0.3) is 0 Å². The zero-order chi connectivity index (χ0) is 14.4. The Balaban J connectivity index is 2.53. The van der Waals surface area contributed by atoms with E-state index in [0.717, 1.165) is 5.56 Å². The molecule has 0 aromatic heterocycles. The number of nitrogens with one attached hydrogen (secondary N) is 1. The molecular formula is C16H25NO2. The fourth-order valence-corrected chi connectivity index (χ4v) is 1.71. The van der Waals surface area contributed by atoms with E-state index < -0.39 is 0 Å². The molecule has 3 nitrogen and oxygen atoms in total. The van der Waals surface area contributed by atoms with Gasteiger partial charge in [-0.1, -0.05) is 52.0 Å². The highest BCUT2D eigenvalue weighted by molar-refractivity contribution is 5.67. The summed E-state index contributed by atoms with van der Waals surface area (Å²) < 4.78 is 5.11. The number of rotatable bonds is 5. The van der Waals surface area contributed by atoms with Gasteiger partial charge in [0.15, 0.2) is 0 Å². The molecule has 3 heteroatoms. The van der Waals surface area contributed by atoms with Gasteiger partial charge in [0.1, 0.15) is 0 Å². The molecule has 0 spiro atoms. The predicted molar refractivity (Wildman–Crippen MR) is 78.3 cm³/mol. The van der Waals surface area contributed by atoms with Crippen LogP contribution in [0.5, 0.6) is 0 Å². The topological polar surface area (TPSA) is 38.3 Å². The number of amides is 1. The fourth-order valence-electron chi connectivity index (χ4n) is 1.71. The molecule has 0 heterocycles. The lowest BCUT2D eigenvalue weighted by Gasteiger charge is -2.16.